The van der Waals surface area contributed by atoms with Gasteiger partial charge in [-0.1, -0.05) is 162 Å². The monoisotopic (exact) mass is 925 g/mol. The Morgan fingerprint density at radius 1 is 0.537 bits per heavy atom. The van der Waals surface area contributed by atoms with Crippen molar-refractivity contribution in [3.05, 3.63) is 130 Å². The normalized spacial score (nSPS) is 11.3. The fourth-order valence-electron chi connectivity index (χ4n) is 7.69. The van der Waals surface area contributed by atoms with Crippen molar-refractivity contribution >= 4 is 5.97 Å². The van der Waals surface area contributed by atoms with Crippen LogP contribution in [0, 0.1) is 18.8 Å². The summed E-state index contributed by atoms with van der Waals surface area (Å²) in [7, 11) is 0. The molecular weight excluding hydrogens is 825 g/mol. The Balaban J connectivity index is -0.00000288. The minimum absolute atomic E-state index is 0.0259. The van der Waals surface area contributed by atoms with Crippen LogP contribution in [-0.4, -0.2) is 58.1 Å². The standard InChI is InChI=1S/C48H66N2O4.C3H8.4C2H6.C2H2/c1-33(2)48(52)54-47-24-22-39(30-45(47)43(41-19-15-12-16-20-41)26-28-50(36(7)8)37(9)10)32-53-31-38-21-23-46(51)44(29-38)42(40-17-13-11-14-18-40)25-27-49(34(3)4)35(5)6;1-3-2;5*1-2/h11-24,29-30,33-37,42-43,51H,25-28,31-32H2,1-10H3;3H2,1-2H3;4*1-2H3;1-2H/t42-,43+;;;;;;/m0....../s1. The van der Waals surface area contributed by atoms with Crippen molar-refractivity contribution in [3.63, 3.8) is 0 Å². The Kier molecular flexibility index (Phi) is 40.6. The van der Waals surface area contributed by atoms with Crippen molar-refractivity contribution in [1.29, 1.82) is 0 Å². The van der Waals surface area contributed by atoms with Gasteiger partial charge in [-0.15, -0.1) is 12.8 Å². The number of benzene rings is 4. The average molecular weight is 925 g/mol. The van der Waals surface area contributed by atoms with E-state index in [1.165, 1.54) is 17.5 Å². The van der Waals surface area contributed by atoms with E-state index in [-0.39, 0.29) is 23.7 Å². The van der Waals surface area contributed by atoms with Crippen LogP contribution in [0.25, 0.3) is 0 Å². The molecule has 6 heteroatoms. The molecule has 0 aliphatic heterocycles. The molecule has 0 saturated heterocycles. The third-order valence-electron chi connectivity index (χ3n) is 10.5. The first-order chi connectivity index (χ1) is 32.2. The summed E-state index contributed by atoms with van der Waals surface area (Å²) in [6, 6.07) is 34.7. The number of phenolic OH excluding ortho intramolecular Hbond substituents is 1. The molecule has 0 aliphatic rings. The van der Waals surface area contributed by atoms with E-state index >= 15 is 0 Å². The van der Waals surface area contributed by atoms with Crippen LogP contribution in [0.4, 0.5) is 0 Å². The summed E-state index contributed by atoms with van der Waals surface area (Å²) in [5, 5.41) is 11.2. The SMILES string of the molecule is C#C.CC.CC.CC.CC.CC(C)C(=O)Oc1ccc(COCc2ccc(O)c([C@@H](CCN(C(C)C)C(C)C)c3ccccc3)c2)cc1[C@H](CCN(C(C)C)C(C)C)c1ccccc1.CCC. The number of esters is 1. The molecule has 378 valence electrons. The highest BCUT2D eigenvalue weighted by Gasteiger charge is 2.25. The minimum Gasteiger partial charge on any atom is -0.508 e. The molecule has 67 heavy (non-hydrogen) atoms. The maximum atomic E-state index is 12.9. The Hall–Kier alpha value is -4.41. The van der Waals surface area contributed by atoms with Crippen molar-refractivity contribution < 1.29 is 19.4 Å². The van der Waals surface area contributed by atoms with Gasteiger partial charge in [-0.3, -0.25) is 14.6 Å². The number of aromatic hydroxyl groups is 1. The number of carbonyl (C=O) groups excluding carboxylic acids is 1. The smallest absolute Gasteiger partial charge is 0.313 e. The van der Waals surface area contributed by atoms with Crippen LogP contribution >= 0.6 is 0 Å². The molecule has 1 N–H and O–H groups in total. The van der Waals surface area contributed by atoms with Gasteiger partial charge < -0.3 is 14.6 Å². The van der Waals surface area contributed by atoms with Gasteiger partial charge in [0.05, 0.1) is 19.1 Å². The number of rotatable bonds is 20. The second kappa shape index (κ2) is 40.6. The first-order valence-electron chi connectivity index (χ1n) is 25.9. The number of hydrogen-bond acceptors (Lipinski definition) is 6. The minimum atomic E-state index is -0.241. The summed E-state index contributed by atoms with van der Waals surface area (Å²) in [4.78, 5) is 18.0. The van der Waals surface area contributed by atoms with Gasteiger partial charge in [0, 0.05) is 47.1 Å². The summed E-state index contributed by atoms with van der Waals surface area (Å²) in [5.41, 5.74) is 6.35. The summed E-state index contributed by atoms with van der Waals surface area (Å²) >= 11 is 0. The Morgan fingerprint density at radius 2 is 0.881 bits per heavy atom. The predicted octanol–water partition coefficient (Wildman–Crippen LogP) is 16.7. The average Bonchev–Trinajstić information content (AvgIpc) is 3.34. The highest BCUT2D eigenvalue weighted by atomic mass is 16.5. The summed E-state index contributed by atoms with van der Waals surface area (Å²) in [6.07, 6.45) is 11.0. The Labute approximate surface area is 414 Å². The van der Waals surface area contributed by atoms with Crippen molar-refractivity contribution in [2.24, 2.45) is 5.92 Å². The van der Waals surface area contributed by atoms with E-state index in [9.17, 15) is 9.90 Å². The first kappa shape index (κ1) is 66.9. The number of phenols is 1. The second-order valence-corrected chi connectivity index (χ2v) is 16.9. The summed E-state index contributed by atoms with van der Waals surface area (Å²) < 4.78 is 12.5. The molecule has 0 spiro atoms. The van der Waals surface area contributed by atoms with Gasteiger partial charge in [-0.2, -0.15) is 0 Å². The van der Waals surface area contributed by atoms with Crippen LogP contribution < -0.4 is 4.74 Å². The van der Waals surface area contributed by atoms with E-state index in [1.54, 1.807) is 0 Å². The molecule has 0 fully saturated rings. The molecular formula is C61H100N2O4. The number of hydrogen-bond donors (Lipinski definition) is 1. The largest absolute Gasteiger partial charge is 0.508 e. The maximum Gasteiger partial charge on any atom is 0.313 e. The van der Waals surface area contributed by atoms with Crippen LogP contribution in [-0.2, 0) is 22.7 Å². The highest BCUT2D eigenvalue weighted by molar-refractivity contribution is 5.75. The van der Waals surface area contributed by atoms with Gasteiger partial charge in [0.1, 0.15) is 11.5 Å². The zero-order valence-corrected chi connectivity index (χ0v) is 46.4. The lowest BCUT2D eigenvalue weighted by atomic mass is 9.86. The molecule has 0 saturated carbocycles. The molecule has 0 heterocycles. The molecule has 0 bridgehead atoms. The maximum absolute atomic E-state index is 12.9. The number of ether oxygens (including phenoxy) is 2. The Bertz CT molecular complexity index is 1770. The zero-order chi connectivity index (χ0) is 52.1. The van der Waals surface area contributed by atoms with Gasteiger partial charge in [0.25, 0.3) is 0 Å². The fourth-order valence-corrected chi connectivity index (χ4v) is 7.69. The van der Waals surface area contributed by atoms with Gasteiger partial charge in [-0.25, -0.2) is 0 Å². The molecule has 0 amide bonds. The lowest BCUT2D eigenvalue weighted by Crippen LogP contribution is -2.38. The number of nitrogens with zero attached hydrogens (tertiary/aromatic N) is 2. The van der Waals surface area contributed by atoms with Gasteiger partial charge in [0.2, 0.25) is 0 Å². The summed E-state index contributed by atoms with van der Waals surface area (Å²) in [5.74, 6) is 0.510. The molecule has 0 radical (unpaired) electrons. The van der Waals surface area contributed by atoms with Crippen molar-refractivity contribution in [3.8, 4) is 24.3 Å². The van der Waals surface area contributed by atoms with E-state index in [0.29, 0.717) is 48.9 Å². The topological polar surface area (TPSA) is 62.2 Å². The predicted molar refractivity (Wildman–Crippen MR) is 295 cm³/mol. The van der Waals surface area contributed by atoms with E-state index in [1.807, 2.05) is 106 Å². The lowest BCUT2D eigenvalue weighted by molar-refractivity contribution is -0.137. The van der Waals surface area contributed by atoms with Crippen LogP contribution in [0.15, 0.2) is 97.1 Å². The molecule has 0 aliphatic carbocycles. The Morgan fingerprint density at radius 3 is 1.24 bits per heavy atom. The molecule has 4 rings (SSSR count). The number of carbonyl (C=O) groups is 1. The molecule has 0 unspecified atom stereocenters. The highest BCUT2D eigenvalue weighted by Crippen LogP contribution is 2.38. The lowest BCUT2D eigenvalue weighted by Gasteiger charge is -2.32. The summed E-state index contributed by atoms with van der Waals surface area (Å²) in [6.45, 7) is 44.6. The van der Waals surface area contributed by atoms with Crippen LogP contribution in [0.5, 0.6) is 11.5 Å². The molecule has 2 atom stereocenters. The van der Waals surface area contributed by atoms with E-state index in [0.717, 1.165) is 48.2 Å². The van der Waals surface area contributed by atoms with Crippen molar-refractivity contribution in [2.75, 3.05) is 13.1 Å². The van der Waals surface area contributed by atoms with Crippen LogP contribution in [0.1, 0.15) is 203 Å². The van der Waals surface area contributed by atoms with Crippen molar-refractivity contribution in [2.45, 2.75) is 207 Å². The van der Waals surface area contributed by atoms with Gasteiger partial charge in [-0.05, 0) is 128 Å². The molecule has 4 aromatic carbocycles. The quantitative estimate of drug-likeness (QED) is 0.0541. The van der Waals surface area contributed by atoms with Gasteiger partial charge >= 0.3 is 5.97 Å². The molecule has 6 nitrogen and oxygen atoms in total. The molecule has 4 aromatic rings. The van der Waals surface area contributed by atoms with Gasteiger partial charge in [0.15, 0.2) is 0 Å². The second-order valence-electron chi connectivity index (χ2n) is 16.9. The van der Waals surface area contributed by atoms with E-state index < -0.39 is 0 Å². The van der Waals surface area contributed by atoms with Crippen molar-refractivity contribution in [1.82, 2.24) is 9.80 Å². The van der Waals surface area contributed by atoms with Crippen LogP contribution in [0.2, 0.25) is 0 Å². The van der Waals surface area contributed by atoms with Crippen LogP contribution in [0.3, 0.4) is 0 Å². The molecule has 0 aromatic heterocycles. The third-order valence-corrected chi connectivity index (χ3v) is 10.5. The van der Waals surface area contributed by atoms with E-state index in [4.69, 9.17) is 9.47 Å². The fraction of sp³-hybridized carbons (Fsp3) is 0.557. The number of terminal acetylenes is 1. The third kappa shape index (κ3) is 25.0. The first-order valence-corrected chi connectivity index (χ1v) is 25.9. The zero-order valence-electron chi connectivity index (χ0n) is 46.4. The van der Waals surface area contributed by atoms with E-state index in [2.05, 4.69) is 153 Å².